The Morgan fingerprint density at radius 3 is 1.86 bits per heavy atom. The molecule has 148 valence electrons. The van der Waals surface area contributed by atoms with E-state index in [4.69, 9.17) is 0 Å². The molecule has 0 N–H and O–H groups in total. The Morgan fingerprint density at radius 1 is 0.929 bits per heavy atom. The molecule has 2 aromatic carbocycles. The number of methoxy groups -OCH3 is 1. The van der Waals surface area contributed by atoms with Crippen molar-refractivity contribution in [2.75, 3.05) is 7.11 Å². The second kappa shape index (κ2) is 7.25. The molecule has 28 heavy (non-hydrogen) atoms. The SMILES string of the molecule is COC(=O)C(C)(c1ccc([N+](=O)[O-])cc1)c1ccc([N+](=O)[O-])cc1C(F)(F)F. The maximum Gasteiger partial charge on any atom is 0.416 e. The zero-order valence-electron chi connectivity index (χ0n) is 14.5. The standard InChI is InChI=1S/C17H13F3N2O6/c1-16(15(23)28-2,10-3-5-11(6-4-10)21(24)25)13-8-7-12(22(26)27)9-14(13)17(18,19)20/h3-9H,1-2H3. The predicted molar refractivity (Wildman–Crippen MR) is 89.7 cm³/mol. The summed E-state index contributed by atoms with van der Waals surface area (Å²) < 4.78 is 45.5. The van der Waals surface area contributed by atoms with Crippen molar-refractivity contribution in [3.63, 3.8) is 0 Å². The molecule has 0 saturated heterocycles. The normalized spacial score (nSPS) is 13.5. The zero-order chi connectivity index (χ0) is 21.3. The Labute approximate surface area is 155 Å². The summed E-state index contributed by atoms with van der Waals surface area (Å²) in [5, 5.41) is 21.7. The van der Waals surface area contributed by atoms with E-state index >= 15 is 0 Å². The fourth-order valence-corrected chi connectivity index (χ4v) is 2.82. The monoisotopic (exact) mass is 398 g/mol. The quantitative estimate of drug-likeness (QED) is 0.427. The number of alkyl halides is 3. The van der Waals surface area contributed by atoms with Crippen LogP contribution in [-0.2, 0) is 21.1 Å². The number of rotatable bonds is 5. The fraction of sp³-hybridized carbons (Fsp3) is 0.235. The van der Waals surface area contributed by atoms with Crippen LogP contribution in [0.4, 0.5) is 24.5 Å². The van der Waals surface area contributed by atoms with Crippen molar-refractivity contribution in [1.82, 2.24) is 0 Å². The first kappa shape index (κ1) is 20.8. The number of carbonyl (C=O) groups is 1. The third kappa shape index (κ3) is 3.63. The van der Waals surface area contributed by atoms with Crippen molar-refractivity contribution in [2.45, 2.75) is 18.5 Å². The Balaban J connectivity index is 2.81. The molecule has 0 amide bonds. The van der Waals surface area contributed by atoms with Crippen LogP contribution in [0, 0.1) is 20.2 Å². The van der Waals surface area contributed by atoms with E-state index in [-0.39, 0.29) is 11.3 Å². The molecule has 11 heteroatoms. The van der Waals surface area contributed by atoms with Gasteiger partial charge in [0.2, 0.25) is 0 Å². The minimum absolute atomic E-state index is 0.00990. The van der Waals surface area contributed by atoms with Crippen LogP contribution >= 0.6 is 0 Å². The number of carbonyl (C=O) groups excluding carboxylic acids is 1. The van der Waals surface area contributed by atoms with Crippen LogP contribution in [0.2, 0.25) is 0 Å². The highest BCUT2D eigenvalue weighted by atomic mass is 19.4. The van der Waals surface area contributed by atoms with Crippen LogP contribution in [0.5, 0.6) is 0 Å². The smallest absolute Gasteiger partial charge is 0.416 e. The van der Waals surface area contributed by atoms with E-state index < -0.39 is 44.2 Å². The molecule has 0 radical (unpaired) electrons. The molecule has 0 heterocycles. The van der Waals surface area contributed by atoms with Crippen molar-refractivity contribution >= 4 is 17.3 Å². The fourth-order valence-electron chi connectivity index (χ4n) is 2.82. The molecule has 1 unspecified atom stereocenters. The number of hydrogen-bond acceptors (Lipinski definition) is 6. The minimum Gasteiger partial charge on any atom is -0.468 e. The number of benzene rings is 2. The number of ether oxygens (including phenoxy) is 1. The molecule has 0 bridgehead atoms. The molecular formula is C17H13F3N2O6. The van der Waals surface area contributed by atoms with Gasteiger partial charge in [-0.3, -0.25) is 25.0 Å². The molecule has 0 fully saturated rings. The summed E-state index contributed by atoms with van der Waals surface area (Å²) in [7, 11) is 0.977. The number of nitro benzene ring substituents is 2. The molecule has 2 aromatic rings. The van der Waals surface area contributed by atoms with Crippen LogP contribution in [0.1, 0.15) is 23.6 Å². The topological polar surface area (TPSA) is 113 Å². The van der Waals surface area contributed by atoms with Crippen molar-refractivity contribution in [3.8, 4) is 0 Å². The zero-order valence-corrected chi connectivity index (χ0v) is 14.5. The van der Waals surface area contributed by atoms with Gasteiger partial charge in [0.15, 0.2) is 0 Å². The van der Waals surface area contributed by atoms with Crippen LogP contribution in [0.3, 0.4) is 0 Å². The van der Waals surface area contributed by atoms with Gasteiger partial charge in [-0.25, -0.2) is 0 Å². The lowest BCUT2D eigenvalue weighted by molar-refractivity contribution is -0.385. The Hall–Kier alpha value is -3.50. The summed E-state index contributed by atoms with van der Waals surface area (Å²) in [5.41, 5.74) is -5.12. The Bertz CT molecular complexity index is 943. The molecule has 0 saturated carbocycles. The van der Waals surface area contributed by atoms with Crippen LogP contribution in [-0.4, -0.2) is 22.9 Å². The van der Waals surface area contributed by atoms with Crippen molar-refractivity contribution in [3.05, 3.63) is 79.4 Å². The summed E-state index contributed by atoms with van der Waals surface area (Å²) in [5.74, 6) is -1.07. The molecule has 2 rings (SSSR count). The van der Waals surface area contributed by atoms with E-state index in [2.05, 4.69) is 4.74 Å². The number of nitro groups is 2. The van der Waals surface area contributed by atoms with E-state index in [1.54, 1.807) is 0 Å². The molecular weight excluding hydrogens is 385 g/mol. The summed E-state index contributed by atoms with van der Waals surface area (Å²) in [6, 6.07) is 6.36. The maximum atomic E-state index is 13.6. The van der Waals surface area contributed by atoms with Crippen LogP contribution in [0.25, 0.3) is 0 Å². The molecule has 0 aliphatic rings. The maximum absolute atomic E-state index is 13.6. The molecule has 0 aliphatic carbocycles. The van der Waals surface area contributed by atoms with Crippen molar-refractivity contribution in [1.29, 1.82) is 0 Å². The second-order valence-electron chi connectivity index (χ2n) is 5.91. The van der Waals surface area contributed by atoms with Gasteiger partial charge in [-0.05, 0) is 18.1 Å². The molecule has 8 nitrogen and oxygen atoms in total. The molecule has 0 aromatic heterocycles. The Kier molecular flexibility index (Phi) is 5.39. The lowest BCUT2D eigenvalue weighted by Gasteiger charge is -2.30. The summed E-state index contributed by atoms with van der Waals surface area (Å²) in [6.07, 6.45) is -5.00. The minimum atomic E-state index is -5.00. The summed E-state index contributed by atoms with van der Waals surface area (Å²) >= 11 is 0. The summed E-state index contributed by atoms with van der Waals surface area (Å²) in [4.78, 5) is 32.5. The highest BCUT2D eigenvalue weighted by molar-refractivity contribution is 5.88. The highest BCUT2D eigenvalue weighted by Crippen LogP contribution is 2.43. The van der Waals surface area contributed by atoms with Gasteiger partial charge in [0.25, 0.3) is 11.4 Å². The van der Waals surface area contributed by atoms with E-state index in [1.807, 2.05) is 0 Å². The van der Waals surface area contributed by atoms with Crippen LogP contribution in [0.15, 0.2) is 42.5 Å². The third-order valence-corrected chi connectivity index (χ3v) is 4.31. The van der Waals surface area contributed by atoms with Gasteiger partial charge in [-0.15, -0.1) is 0 Å². The lowest BCUT2D eigenvalue weighted by atomic mass is 9.74. The average Bonchev–Trinajstić information content (AvgIpc) is 2.65. The van der Waals surface area contributed by atoms with Crippen molar-refractivity contribution < 1.29 is 32.5 Å². The second-order valence-corrected chi connectivity index (χ2v) is 5.91. The van der Waals surface area contributed by atoms with E-state index in [1.165, 1.54) is 0 Å². The Morgan fingerprint density at radius 2 is 1.43 bits per heavy atom. The number of hydrogen-bond donors (Lipinski definition) is 0. The number of halogens is 3. The largest absolute Gasteiger partial charge is 0.468 e. The summed E-state index contributed by atoms with van der Waals surface area (Å²) in [6.45, 7) is 1.15. The van der Waals surface area contributed by atoms with Crippen LogP contribution < -0.4 is 0 Å². The average molecular weight is 398 g/mol. The first-order valence-corrected chi connectivity index (χ1v) is 7.62. The van der Waals surface area contributed by atoms with Gasteiger partial charge >= 0.3 is 12.1 Å². The van der Waals surface area contributed by atoms with Gasteiger partial charge in [0.1, 0.15) is 5.41 Å². The van der Waals surface area contributed by atoms with E-state index in [9.17, 15) is 38.2 Å². The highest BCUT2D eigenvalue weighted by Gasteiger charge is 2.46. The van der Waals surface area contributed by atoms with Gasteiger partial charge in [-0.2, -0.15) is 13.2 Å². The number of esters is 1. The van der Waals surface area contributed by atoms with E-state index in [0.717, 1.165) is 50.4 Å². The molecule has 0 aliphatic heterocycles. The molecule has 1 atom stereocenters. The number of nitrogens with zero attached hydrogens (tertiary/aromatic N) is 2. The van der Waals surface area contributed by atoms with Gasteiger partial charge in [-0.1, -0.05) is 18.2 Å². The van der Waals surface area contributed by atoms with E-state index in [0.29, 0.717) is 6.07 Å². The van der Waals surface area contributed by atoms with Gasteiger partial charge in [0, 0.05) is 24.3 Å². The number of non-ortho nitro benzene ring substituents is 2. The lowest BCUT2D eigenvalue weighted by Crippen LogP contribution is -2.37. The van der Waals surface area contributed by atoms with Crippen molar-refractivity contribution in [2.24, 2.45) is 0 Å². The van der Waals surface area contributed by atoms with Gasteiger partial charge in [0.05, 0.1) is 22.5 Å². The van der Waals surface area contributed by atoms with Gasteiger partial charge < -0.3 is 4.74 Å². The molecule has 0 spiro atoms. The first-order chi connectivity index (χ1) is 12.9. The predicted octanol–water partition coefficient (Wildman–Crippen LogP) is 4.00. The first-order valence-electron chi connectivity index (χ1n) is 7.62. The third-order valence-electron chi connectivity index (χ3n) is 4.31.